The maximum absolute atomic E-state index is 11.9. The second-order valence-corrected chi connectivity index (χ2v) is 1.83. The molecule has 0 radical (unpaired) electrons. The molecule has 0 fully saturated rings. The van der Waals surface area contributed by atoms with Crippen molar-refractivity contribution in [3.05, 3.63) is 37.5 Å². The third-order valence-electron chi connectivity index (χ3n) is 0.773. The molecule has 1 nitrogen and oxygen atoms in total. The molecular weight excluding hydrogens is 226 g/mol. The highest BCUT2D eigenvalue weighted by Crippen LogP contribution is 2.08. The Kier molecular flexibility index (Phi) is 10.1. The Hall–Kier alpha value is -1.24. The molecule has 0 bridgehead atoms. The van der Waals surface area contributed by atoms with E-state index in [4.69, 9.17) is 0 Å². The van der Waals surface area contributed by atoms with Crippen LogP contribution < -0.4 is 0 Å². The molecule has 0 amide bonds. The highest BCUT2D eigenvalue weighted by atomic mass is 19.3. The van der Waals surface area contributed by atoms with Gasteiger partial charge in [0.1, 0.15) is 0 Å². The number of hydrogen-bond acceptors (Lipinski definition) is 1. The van der Waals surface area contributed by atoms with E-state index in [-0.39, 0.29) is 0 Å². The first-order valence-electron chi connectivity index (χ1n) is 3.40. The first-order chi connectivity index (χ1) is 6.84. The summed E-state index contributed by atoms with van der Waals surface area (Å²) in [5.74, 6) is 0. The third kappa shape index (κ3) is 12.8. The lowest BCUT2D eigenvalue weighted by Crippen LogP contribution is -2.09. The van der Waals surface area contributed by atoms with Gasteiger partial charge >= 0.3 is 12.2 Å². The maximum atomic E-state index is 11.9. The van der Waals surface area contributed by atoms with Crippen molar-refractivity contribution in [1.29, 1.82) is 0 Å². The molecule has 0 heterocycles. The van der Waals surface area contributed by atoms with Gasteiger partial charge in [-0.1, -0.05) is 13.2 Å². The molecule has 0 aliphatic rings. The maximum Gasteiger partial charge on any atom is 0.334 e. The normalized spacial score (nSPS) is 12.9. The van der Waals surface area contributed by atoms with Crippen LogP contribution in [0.3, 0.4) is 0 Å². The molecule has 7 heteroatoms. The molecule has 2 unspecified atom stereocenters. The Morgan fingerprint density at radius 1 is 0.867 bits per heavy atom. The summed E-state index contributed by atoms with van der Waals surface area (Å²) in [7, 11) is 0. The third-order valence-corrected chi connectivity index (χ3v) is 0.773. The van der Waals surface area contributed by atoms with Gasteiger partial charge in [0.25, 0.3) is 0 Å². The van der Waals surface area contributed by atoms with Gasteiger partial charge in [0.15, 0.2) is 0 Å². The SMILES string of the molecule is C=CC(F)OC(F)C=C.FC(F)=C(F)F. The second kappa shape index (κ2) is 9.32. The topological polar surface area (TPSA) is 9.23 Å². The first kappa shape index (κ1) is 16.2. The van der Waals surface area contributed by atoms with Crippen molar-refractivity contribution >= 4 is 0 Å². The van der Waals surface area contributed by atoms with Crippen molar-refractivity contribution in [1.82, 2.24) is 0 Å². The predicted octanol–water partition coefficient (Wildman–Crippen LogP) is 3.96. The van der Waals surface area contributed by atoms with Gasteiger partial charge in [0.2, 0.25) is 12.7 Å². The summed E-state index contributed by atoms with van der Waals surface area (Å²) in [6, 6.07) is 0. The average Bonchev–Trinajstić information content (AvgIpc) is 2.18. The van der Waals surface area contributed by atoms with Crippen molar-refractivity contribution in [3.8, 4) is 0 Å². The zero-order valence-electron chi connectivity index (χ0n) is 7.40. The van der Waals surface area contributed by atoms with Crippen molar-refractivity contribution in [2.75, 3.05) is 0 Å². The van der Waals surface area contributed by atoms with Gasteiger partial charge in [-0.3, -0.25) is 0 Å². The molecular formula is C8H8F6O. The Bertz CT molecular complexity index is 197. The molecule has 0 aliphatic heterocycles. The molecule has 0 aliphatic carbocycles. The lowest BCUT2D eigenvalue weighted by Gasteiger charge is -2.04. The molecule has 2 atom stereocenters. The molecule has 0 spiro atoms. The van der Waals surface area contributed by atoms with Crippen LogP contribution in [-0.4, -0.2) is 12.7 Å². The molecule has 0 aromatic carbocycles. The van der Waals surface area contributed by atoms with E-state index in [1.165, 1.54) is 0 Å². The molecule has 0 N–H and O–H groups in total. The summed E-state index contributed by atoms with van der Waals surface area (Å²) in [5, 5.41) is 0. The summed E-state index contributed by atoms with van der Waals surface area (Å²) in [5.41, 5.74) is 0. The molecule has 15 heavy (non-hydrogen) atoms. The summed E-state index contributed by atoms with van der Waals surface area (Å²) >= 11 is 0. The number of ether oxygens (including phenoxy) is 1. The predicted molar refractivity (Wildman–Crippen MR) is 42.7 cm³/mol. The van der Waals surface area contributed by atoms with E-state index < -0.39 is 24.9 Å². The molecule has 0 rings (SSSR count). The number of hydrogen-bond donors (Lipinski definition) is 0. The van der Waals surface area contributed by atoms with Gasteiger partial charge in [0.05, 0.1) is 0 Å². The summed E-state index contributed by atoms with van der Waals surface area (Å²) in [6.07, 6.45) is -7.60. The first-order valence-corrected chi connectivity index (χ1v) is 3.40. The Balaban J connectivity index is 0. The van der Waals surface area contributed by atoms with Gasteiger partial charge < -0.3 is 4.74 Å². The van der Waals surface area contributed by atoms with E-state index in [0.29, 0.717) is 0 Å². The van der Waals surface area contributed by atoms with E-state index in [2.05, 4.69) is 17.9 Å². The fourth-order valence-corrected chi connectivity index (χ4v) is 0.235. The Morgan fingerprint density at radius 2 is 1.13 bits per heavy atom. The van der Waals surface area contributed by atoms with Gasteiger partial charge in [-0.15, -0.1) is 0 Å². The summed E-state index contributed by atoms with van der Waals surface area (Å²) in [4.78, 5) is 0. The van der Waals surface area contributed by atoms with Crippen molar-refractivity contribution in [2.24, 2.45) is 0 Å². The van der Waals surface area contributed by atoms with Crippen LogP contribution in [0.1, 0.15) is 0 Å². The zero-order valence-corrected chi connectivity index (χ0v) is 7.40. The fourth-order valence-electron chi connectivity index (χ4n) is 0.235. The number of rotatable bonds is 4. The molecule has 0 aromatic rings. The fraction of sp³-hybridized carbons (Fsp3) is 0.250. The summed E-state index contributed by atoms with van der Waals surface area (Å²) in [6.45, 7) is 6.09. The number of halogens is 6. The Labute approximate surface area is 82.3 Å². The van der Waals surface area contributed by atoms with Gasteiger partial charge in [0, 0.05) is 0 Å². The molecule has 88 valence electrons. The van der Waals surface area contributed by atoms with E-state index >= 15 is 0 Å². The molecule has 0 saturated carbocycles. The van der Waals surface area contributed by atoms with Crippen molar-refractivity contribution in [2.45, 2.75) is 12.7 Å². The van der Waals surface area contributed by atoms with Crippen LogP contribution >= 0.6 is 0 Å². The minimum atomic E-state index is -2.91. The lowest BCUT2D eigenvalue weighted by molar-refractivity contribution is -0.0901. The van der Waals surface area contributed by atoms with E-state index in [0.717, 1.165) is 12.2 Å². The Morgan fingerprint density at radius 3 is 1.27 bits per heavy atom. The van der Waals surface area contributed by atoms with E-state index in [1.807, 2.05) is 0 Å². The quantitative estimate of drug-likeness (QED) is 0.528. The molecule has 0 saturated heterocycles. The van der Waals surface area contributed by atoms with Crippen LogP contribution in [0.25, 0.3) is 0 Å². The minimum absolute atomic E-state index is 0.857. The average molecular weight is 234 g/mol. The van der Waals surface area contributed by atoms with Crippen LogP contribution in [0, 0.1) is 0 Å². The van der Waals surface area contributed by atoms with Crippen LogP contribution in [0.2, 0.25) is 0 Å². The van der Waals surface area contributed by atoms with Crippen molar-refractivity contribution < 1.29 is 31.1 Å². The van der Waals surface area contributed by atoms with E-state index in [9.17, 15) is 26.3 Å². The van der Waals surface area contributed by atoms with Gasteiger partial charge in [-0.25, -0.2) is 8.78 Å². The smallest absolute Gasteiger partial charge is 0.307 e. The highest BCUT2D eigenvalue weighted by Gasteiger charge is 2.06. The molecule has 0 aromatic heterocycles. The standard InChI is InChI=1S/C6H8F2O.C2F4/c1-3-5(7)9-6(8)4-2;3-1(4)2(5)6/h3-6H,1-2H2;. The van der Waals surface area contributed by atoms with Crippen LogP contribution in [0.15, 0.2) is 37.5 Å². The minimum Gasteiger partial charge on any atom is -0.307 e. The van der Waals surface area contributed by atoms with Crippen LogP contribution in [0.4, 0.5) is 26.3 Å². The van der Waals surface area contributed by atoms with Gasteiger partial charge in [-0.2, -0.15) is 17.6 Å². The van der Waals surface area contributed by atoms with Crippen LogP contribution in [-0.2, 0) is 4.74 Å². The second-order valence-electron chi connectivity index (χ2n) is 1.83. The highest BCUT2D eigenvalue weighted by molar-refractivity contribution is 4.77. The summed E-state index contributed by atoms with van der Waals surface area (Å²) < 4.78 is 69.0. The monoisotopic (exact) mass is 234 g/mol. The van der Waals surface area contributed by atoms with Gasteiger partial charge in [-0.05, 0) is 12.2 Å². The lowest BCUT2D eigenvalue weighted by atomic mass is 10.6. The largest absolute Gasteiger partial charge is 0.334 e. The number of alkyl halides is 2. The zero-order chi connectivity index (χ0) is 12.4. The van der Waals surface area contributed by atoms with Crippen LogP contribution in [0.5, 0.6) is 0 Å². The van der Waals surface area contributed by atoms with E-state index in [1.54, 1.807) is 0 Å². The van der Waals surface area contributed by atoms with Crippen molar-refractivity contribution in [3.63, 3.8) is 0 Å².